The Labute approximate surface area is 91.5 Å². The van der Waals surface area contributed by atoms with Gasteiger partial charge in [0, 0.05) is 6.20 Å². The summed E-state index contributed by atoms with van der Waals surface area (Å²) >= 11 is 1.38. The Morgan fingerprint density at radius 3 is 2.53 bits per heavy atom. The van der Waals surface area contributed by atoms with Gasteiger partial charge in [-0.25, -0.2) is 4.79 Å². The predicted octanol–water partition coefficient (Wildman–Crippen LogP) is 2.25. The van der Waals surface area contributed by atoms with Gasteiger partial charge < -0.3 is 10.4 Å². The van der Waals surface area contributed by atoms with Gasteiger partial charge in [-0.15, -0.1) is 0 Å². The minimum Gasteiger partial charge on any atom is -0.478 e. The molecule has 4 heteroatoms. The van der Waals surface area contributed by atoms with E-state index in [2.05, 4.69) is 5.32 Å². The summed E-state index contributed by atoms with van der Waals surface area (Å²) in [5.74, 6) is -0.917. The fourth-order valence-electron chi connectivity index (χ4n) is 1.33. The molecule has 0 radical (unpaired) electrons. The van der Waals surface area contributed by atoms with Gasteiger partial charge in [0.05, 0.1) is 10.6 Å². The standard InChI is InChI=1S/C11H9NO2S/c13-11(14)9(10-12-6-7-15-10)8-4-2-1-3-5-8/h1-7,12H,(H,13,14). The van der Waals surface area contributed by atoms with Crippen LogP contribution in [-0.2, 0) is 4.79 Å². The Morgan fingerprint density at radius 1 is 1.27 bits per heavy atom. The molecule has 0 aromatic heterocycles. The van der Waals surface area contributed by atoms with E-state index in [0.717, 1.165) is 0 Å². The Morgan fingerprint density at radius 2 is 2.00 bits per heavy atom. The van der Waals surface area contributed by atoms with Gasteiger partial charge in [0.25, 0.3) is 0 Å². The molecule has 1 aromatic rings. The number of thioether (sulfide) groups is 1. The van der Waals surface area contributed by atoms with Crippen LogP contribution in [0.25, 0.3) is 5.57 Å². The lowest BCUT2D eigenvalue weighted by Crippen LogP contribution is -2.08. The Kier molecular flexibility index (Phi) is 2.78. The number of benzene rings is 1. The van der Waals surface area contributed by atoms with E-state index < -0.39 is 5.97 Å². The summed E-state index contributed by atoms with van der Waals surface area (Å²) in [6.07, 6.45) is 1.73. The third kappa shape index (κ3) is 2.05. The normalized spacial score (nSPS) is 17.3. The average Bonchev–Trinajstić information content (AvgIpc) is 2.72. The zero-order valence-electron chi connectivity index (χ0n) is 7.81. The zero-order chi connectivity index (χ0) is 10.7. The SMILES string of the molecule is O=C(O)C(=C1NC=CS1)c1ccccc1. The van der Waals surface area contributed by atoms with Crippen molar-refractivity contribution in [3.05, 3.63) is 52.5 Å². The summed E-state index contributed by atoms with van der Waals surface area (Å²) in [6.45, 7) is 0. The second-order valence-corrected chi connectivity index (χ2v) is 3.86. The van der Waals surface area contributed by atoms with Gasteiger partial charge in [-0.2, -0.15) is 0 Å². The quantitative estimate of drug-likeness (QED) is 0.749. The molecule has 0 fully saturated rings. The van der Waals surface area contributed by atoms with Crippen LogP contribution in [0.5, 0.6) is 0 Å². The Hall–Kier alpha value is -1.68. The molecule has 1 heterocycles. The number of carbonyl (C=O) groups is 1. The first kappa shape index (κ1) is 9.86. The van der Waals surface area contributed by atoms with Gasteiger partial charge in [0.2, 0.25) is 0 Å². The molecule has 0 aliphatic carbocycles. The monoisotopic (exact) mass is 219 g/mol. The van der Waals surface area contributed by atoms with E-state index in [1.807, 2.05) is 23.6 Å². The van der Waals surface area contributed by atoms with E-state index >= 15 is 0 Å². The van der Waals surface area contributed by atoms with E-state index in [4.69, 9.17) is 5.11 Å². The maximum Gasteiger partial charge on any atom is 0.338 e. The zero-order valence-corrected chi connectivity index (χ0v) is 8.62. The van der Waals surface area contributed by atoms with E-state index in [1.165, 1.54) is 11.8 Å². The van der Waals surface area contributed by atoms with Crippen molar-refractivity contribution < 1.29 is 9.90 Å². The molecule has 0 atom stereocenters. The maximum atomic E-state index is 11.1. The van der Waals surface area contributed by atoms with E-state index in [1.54, 1.807) is 18.3 Å². The minimum absolute atomic E-state index is 0.311. The summed E-state index contributed by atoms with van der Waals surface area (Å²) in [5.41, 5.74) is 1.02. The highest BCUT2D eigenvalue weighted by atomic mass is 32.2. The highest BCUT2D eigenvalue weighted by Crippen LogP contribution is 2.29. The molecular weight excluding hydrogens is 210 g/mol. The van der Waals surface area contributed by atoms with Crippen LogP contribution >= 0.6 is 11.8 Å². The molecule has 2 N–H and O–H groups in total. The average molecular weight is 219 g/mol. The largest absolute Gasteiger partial charge is 0.478 e. The number of aliphatic carboxylic acids is 1. The van der Waals surface area contributed by atoms with Gasteiger partial charge in [-0.1, -0.05) is 42.1 Å². The van der Waals surface area contributed by atoms with E-state index in [-0.39, 0.29) is 0 Å². The van der Waals surface area contributed by atoms with Crippen LogP contribution in [0.15, 0.2) is 47.0 Å². The third-order valence-electron chi connectivity index (χ3n) is 1.97. The van der Waals surface area contributed by atoms with E-state index in [0.29, 0.717) is 16.2 Å². The summed E-state index contributed by atoms with van der Waals surface area (Å²) in [5, 5.41) is 14.5. The second kappa shape index (κ2) is 4.23. The first-order chi connectivity index (χ1) is 7.29. The predicted molar refractivity (Wildman–Crippen MR) is 60.9 cm³/mol. The molecule has 15 heavy (non-hydrogen) atoms. The molecule has 1 aliphatic heterocycles. The van der Waals surface area contributed by atoms with E-state index in [9.17, 15) is 4.79 Å². The minimum atomic E-state index is -0.917. The number of hydrogen-bond donors (Lipinski definition) is 2. The van der Waals surface area contributed by atoms with Gasteiger partial charge in [-0.05, 0) is 11.0 Å². The van der Waals surface area contributed by atoms with Crippen molar-refractivity contribution in [1.82, 2.24) is 5.32 Å². The van der Waals surface area contributed by atoms with Crippen molar-refractivity contribution in [1.29, 1.82) is 0 Å². The summed E-state index contributed by atoms with van der Waals surface area (Å²) in [4.78, 5) is 11.1. The summed E-state index contributed by atoms with van der Waals surface area (Å²) in [6, 6.07) is 9.09. The number of carboxylic acids is 1. The lowest BCUT2D eigenvalue weighted by atomic mass is 10.1. The number of nitrogens with one attached hydrogen (secondary N) is 1. The molecule has 0 amide bonds. The third-order valence-corrected chi connectivity index (χ3v) is 2.80. The Balaban J connectivity index is 2.45. The van der Waals surface area contributed by atoms with Crippen molar-refractivity contribution >= 4 is 23.3 Å². The number of hydrogen-bond acceptors (Lipinski definition) is 3. The highest BCUT2D eigenvalue weighted by Gasteiger charge is 2.17. The van der Waals surface area contributed by atoms with Crippen LogP contribution in [0.4, 0.5) is 0 Å². The summed E-state index contributed by atoms with van der Waals surface area (Å²) < 4.78 is 0. The van der Waals surface area contributed by atoms with Crippen LogP contribution in [0.3, 0.4) is 0 Å². The lowest BCUT2D eigenvalue weighted by molar-refractivity contribution is -0.130. The fraction of sp³-hybridized carbons (Fsp3) is 0. The number of rotatable bonds is 2. The van der Waals surface area contributed by atoms with Crippen LogP contribution in [0.2, 0.25) is 0 Å². The van der Waals surface area contributed by atoms with Crippen molar-refractivity contribution in [2.75, 3.05) is 0 Å². The molecule has 0 bridgehead atoms. The molecule has 2 rings (SSSR count). The van der Waals surface area contributed by atoms with Crippen LogP contribution < -0.4 is 5.32 Å². The Bertz CT molecular complexity index is 427. The van der Waals surface area contributed by atoms with Crippen molar-refractivity contribution in [3.8, 4) is 0 Å². The smallest absolute Gasteiger partial charge is 0.338 e. The topological polar surface area (TPSA) is 49.3 Å². The number of carboxylic acid groups (broad SMARTS) is 1. The molecule has 1 aromatic carbocycles. The van der Waals surface area contributed by atoms with Crippen LogP contribution in [0.1, 0.15) is 5.56 Å². The van der Waals surface area contributed by atoms with Crippen molar-refractivity contribution in [2.24, 2.45) is 0 Å². The van der Waals surface area contributed by atoms with Crippen molar-refractivity contribution in [3.63, 3.8) is 0 Å². The first-order valence-electron chi connectivity index (χ1n) is 4.40. The van der Waals surface area contributed by atoms with Gasteiger partial charge >= 0.3 is 5.97 Å². The molecule has 0 saturated heterocycles. The molecule has 76 valence electrons. The summed E-state index contributed by atoms with van der Waals surface area (Å²) in [7, 11) is 0. The molecule has 0 saturated carbocycles. The molecule has 3 nitrogen and oxygen atoms in total. The fourth-order valence-corrected chi connectivity index (χ4v) is 2.06. The maximum absolute atomic E-state index is 11.1. The first-order valence-corrected chi connectivity index (χ1v) is 5.28. The molecule has 1 aliphatic rings. The lowest BCUT2D eigenvalue weighted by Gasteiger charge is -2.06. The van der Waals surface area contributed by atoms with Gasteiger partial charge in [-0.3, -0.25) is 0 Å². The van der Waals surface area contributed by atoms with Crippen LogP contribution in [-0.4, -0.2) is 11.1 Å². The molecule has 0 spiro atoms. The molecule has 0 unspecified atom stereocenters. The molecular formula is C11H9NO2S. The van der Waals surface area contributed by atoms with Gasteiger partial charge in [0.15, 0.2) is 0 Å². The van der Waals surface area contributed by atoms with Crippen LogP contribution in [0, 0.1) is 0 Å². The highest BCUT2D eigenvalue weighted by molar-refractivity contribution is 8.06. The van der Waals surface area contributed by atoms with Crippen molar-refractivity contribution in [2.45, 2.75) is 0 Å². The second-order valence-electron chi connectivity index (χ2n) is 2.94. The van der Waals surface area contributed by atoms with Gasteiger partial charge in [0.1, 0.15) is 0 Å².